The molecule has 76 valence electrons. The highest BCUT2D eigenvalue weighted by molar-refractivity contribution is 8.00. The lowest BCUT2D eigenvalue weighted by molar-refractivity contribution is 0.583. The van der Waals surface area contributed by atoms with Crippen molar-refractivity contribution in [2.24, 2.45) is 0 Å². The van der Waals surface area contributed by atoms with Gasteiger partial charge in [-0.25, -0.2) is 0 Å². The second-order valence-electron chi connectivity index (χ2n) is 3.70. The van der Waals surface area contributed by atoms with Gasteiger partial charge in [-0.1, -0.05) is 23.7 Å². The summed E-state index contributed by atoms with van der Waals surface area (Å²) in [5, 5.41) is 4.37. The van der Waals surface area contributed by atoms with E-state index in [4.69, 9.17) is 11.6 Å². The predicted molar refractivity (Wildman–Crippen MR) is 64.1 cm³/mol. The molecule has 0 bridgehead atoms. The smallest absolute Gasteiger partial charge is 0.0435 e. The van der Waals surface area contributed by atoms with Crippen molar-refractivity contribution in [1.29, 1.82) is 0 Å². The normalized spacial score (nSPS) is 16.7. The molecule has 3 heteroatoms. The number of aryl methyl sites for hydroxylation is 1. The molecule has 1 fully saturated rings. The van der Waals surface area contributed by atoms with Crippen molar-refractivity contribution in [3.05, 3.63) is 34.3 Å². The second kappa shape index (κ2) is 4.56. The van der Waals surface area contributed by atoms with Crippen molar-refractivity contribution in [1.82, 2.24) is 5.32 Å². The fourth-order valence-corrected chi connectivity index (χ4v) is 2.26. The molecule has 0 amide bonds. The maximum absolute atomic E-state index is 5.96. The van der Waals surface area contributed by atoms with E-state index in [1.807, 2.05) is 24.8 Å². The van der Waals surface area contributed by atoms with Crippen LogP contribution in [0, 0.1) is 6.92 Å². The van der Waals surface area contributed by atoms with Crippen LogP contribution in [0.5, 0.6) is 0 Å². The highest BCUT2D eigenvalue weighted by Crippen LogP contribution is 2.19. The van der Waals surface area contributed by atoms with Gasteiger partial charge < -0.3 is 5.32 Å². The fraction of sp³-hybridized carbons (Fsp3) is 0.455. The Balaban J connectivity index is 1.91. The van der Waals surface area contributed by atoms with E-state index in [0.717, 1.165) is 23.2 Å². The first-order valence-electron chi connectivity index (χ1n) is 4.82. The van der Waals surface area contributed by atoms with Crippen LogP contribution < -0.4 is 5.32 Å². The average molecular weight is 228 g/mol. The number of hydrogen-bond acceptors (Lipinski definition) is 2. The van der Waals surface area contributed by atoms with Crippen molar-refractivity contribution in [3.63, 3.8) is 0 Å². The highest BCUT2D eigenvalue weighted by atomic mass is 35.5. The van der Waals surface area contributed by atoms with E-state index in [2.05, 4.69) is 17.4 Å². The van der Waals surface area contributed by atoms with Crippen LogP contribution in [-0.2, 0) is 6.54 Å². The minimum absolute atomic E-state index is 0.719. The van der Waals surface area contributed by atoms with Crippen LogP contribution in [0.3, 0.4) is 0 Å². The molecule has 0 spiro atoms. The molecule has 1 nitrogen and oxygen atoms in total. The lowest BCUT2D eigenvalue weighted by Crippen LogP contribution is -2.39. The molecule has 0 aliphatic carbocycles. The largest absolute Gasteiger partial charge is 0.308 e. The van der Waals surface area contributed by atoms with Crippen LogP contribution in [-0.4, -0.2) is 17.5 Å². The Kier molecular flexibility index (Phi) is 3.37. The Morgan fingerprint density at radius 2 is 2.29 bits per heavy atom. The third-order valence-electron chi connectivity index (χ3n) is 2.46. The number of halogens is 1. The van der Waals surface area contributed by atoms with Gasteiger partial charge in [0.2, 0.25) is 0 Å². The van der Waals surface area contributed by atoms with E-state index in [1.54, 1.807) is 0 Å². The third-order valence-corrected chi connectivity index (χ3v) is 4.16. The molecule has 1 aromatic carbocycles. The van der Waals surface area contributed by atoms with Crippen molar-refractivity contribution in [2.75, 3.05) is 11.5 Å². The Hall–Kier alpha value is -0.180. The first-order valence-corrected chi connectivity index (χ1v) is 6.35. The summed E-state index contributed by atoms with van der Waals surface area (Å²) in [5.41, 5.74) is 2.48. The number of nitrogens with one attached hydrogen (secondary N) is 1. The van der Waals surface area contributed by atoms with Gasteiger partial charge in [-0.15, -0.1) is 0 Å². The first kappa shape index (κ1) is 10.3. The summed E-state index contributed by atoms with van der Waals surface area (Å²) < 4.78 is 0. The standard InChI is InChI=1S/C11H14ClNS/c1-8-4-9(2-3-11(8)12)5-13-10-6-14-7-10/h2-4,10,13H,5-7H2,1H3. The molecule has 0 saturated carbocycles. The van der Waals surface area contributed by atoms with E-state index in [9.17, 15) is 0 Å². The van der Waals surface area contributed by atoms with Crippen molar-refractivity contribution in [2.45, 2.75) is 19.5 Å². The molecule has 1 saturated heterocycles. The van der Waals surface area contributed by atoms with Gasteiger partial charge in [0.05, 0.1) is 0 Å². The zero-order valence-electron chi connectivity index (χ0n) is 8.22. The van der Waals surface area contributed by atoms with E-state index in [-0.39, 0.29) is 0 Å². The SMILES string of the molecule is Cc1cc(CNC2CSC2)ccc1Cl. The Labute approximate surface area is 94.2 Å². The van der Waals surface area contributed by atoms with Gasteiger partial charge in [-0.3, -0.25) is 0 Å². The van der Waals surface area contributed by atoms with Gasteiger partial charge in [0, 0.05) is 29.1 Å². The fourth-order valence-electron chi connectivity index (χ4n) is 1.43. The summed E-state index contributed by atoms with van der Waals surface area (Å²) in [6.07, 6.45) is 0. The van der Waals surface area contributed by atoms with Crippen LogP contribution in [0.15, 0.2) is 18.2 Å². The Morgan fingerprint density at radius 3 is 2.86 bits per heavy atom. The van der Waals surface area contributed by atoms with Crippen LogP contribution in [0.2, 0.25) is 5.02 Å². The van der Waals surface area contributed by atoms with Gasteiger partial charge in [0.15, 0.2) is 0 Å². The van der Waals surface area contributed by atoms with Crippen LogP contribution in [0.4, 0.5) is 0 Å². The highest BCUT2D eigenvalue weighted by Gasteiger charge is 2.16. The van der Waals surface area contributed by atoms with Gasteiger partial charge >= 0.3 is 0 Å². The van der Waals surface area contributed by atoms with E-state index in [1.165, 1.54) is 17.1 Å². The average Bonchev–Trinajstić information content (AvgIpc) is 2.08. The third kappa shape index (κ3) is 2.44. The van der Waals surface area contributed by atoms with Crippen LogP contribution in [0.1, 0.15) is 11.1 Å². The molecule has 1 aromatic rings. The zero-order chi connectivity index (χ0) is 9.97. The van der Waals surface area contributed by atoms with Crippen molar-refractivity contribution in [3.8, 4) is 0 Å². The topological polar surface area (TPSA) is 12.0 Å². The lowest BCUT2D eigenvalue weighted by atomic mass is 10.1. The minimum atomic E-state index is 0.719. The number of rotatable bonds is 3. The summed E-state index contributed by atoms with van der Waals surface area (Å²) in [6, 6.07) is 6.94. The quantitative estimate of drug-likeness (QED) is 0.853. The zero-order valence-corrected chi connectivity index (χ0v) is 9.79. The first-order chi connectivity index (χ1) is 6.75. The molecule has 14 heavy (non-hydrogen) atoms. The molecule has 1 aliphatic rings. The molecule has 0 aromatic heterocycles. The second-order valence-corrected chi connectivity index (χ2v) is 5.18. The Morgan fingerprint density at radius 1 is 1.50 bits per heavy atom. The van der Waals surface area contributed by atoms with E-state index >= 15 is 0 Å². The summed E-state index contributed by atoms with van der Waals surface area (Å²) in [6.45, 7) is 3.01. The van der Waals surface area contributed by atoms with E-state index < -0.39 is 0 Å². The maximum Gasteiger partial charge on any atom is 0.0435 e. The molecule has 0 radical (unpaired) electrons. The summed E-state index contributed by atoms with van der Waals surface area (Å²) in [7, 11) is 0. The Bertz CT molecular complexity index is 323. The van der Waals surface area contributed by atoms with Crippen molar-refractivity contribution >= 4 is 23.4 Å². The number of benzene rings is 1. The van der Waals surface area contributed by atoms with Crippen molar-refractivity contribution < 1.29 is 0 Å². The summed E-state index contributed by atoms with van der Waals surface area (Å²) in [5.74, 6) is 2.51. The van der Waals surface area contributed by atoms with Gasteiger partial charge in [-0.05, 0) is 24.1 Å². The molecule has 0 unspecified atom stereocenters. The summed E-state index contributed by atoms with van der Waals surface area (Å²) >= 11 is 7.96. The van der Waals surface area contributed by atoms with Gasteiger partial charge in [0.1, 0.15) is 0 Å². The maximum atomic E-state index is 5.96. The number of thioether (sulfide) groups is 1. The van der Waals surface area contributed by atoms with Gasteiger partial charge in [0.25, 0.3) is 0 Å². The summed E-state index contributed by atoms with van der Waals surface area (Å²) in [4.78, 5) is 0. The molecule has 2 rings (SSSR count). The van der Waals surface area contributed by atoms with E-state index in [0.29, 0.717) is 0 Å². The van der Waals surface area contributed by atoms with Crippen LogP contribution >= 0.6 is 23.4 Å². The predicted octanol–water partition coefficient (Wildman–Crippen LogP) is 2.85. The molecular weight excluding hydrogens is 214 g/mol. The molecular formula is C11H14ClNS. The van der Waals surface area contributed by atoms with Gasteiger partial charge in [-0.2, -0.15) is 11.8 Å². The lowest BCUT2D eigenvalue weighted by Gasteiger charge is -2.26. The molecule has 0 atom stereocenters. The van der Waals surface area contributed by atoms with Crippen LogP contribution in [0.25, 0.3) is 0 Å². The molecule has 1 aliphatic heterocycles. The molecule has 1 N–H and O–H groups in total. The molecule has 1 heterocycles. The number of hydrogen-bond donors (Lipinski definition) is 1. The monoisotopic (exact) mass is 227 g/mol. The minimum Gasteiger partial charge on any atom is -0.308 e.